The SMILES string of the molecule is CCn1c(=O)n(C)c(=O)c2c(-c3ccc(F)cc3)c(C=C[C@@H]3C[C@@H](O)CC(=O)O3)c(C(C)C)nc21. The number of pyridine rings is 1. The van der Waals surface area contributed by atoms with Gasteiger partial charge in [0.1, 0.15) is 11.9 Å². The Bertz CT molecular complexity index is 1440. The zero-order chi connectivity index (χ0) is 25.4. The second-order valence-electron chi connectivity index (χ2n) is 9.02. The van der Waals surface area contributed by atoms with Crippen LogP contribution in [0.2, 0.25) is 0 Å². The lowest BCUT2D eigenvalue weighted by molar-refractivity contribution is -0.156. The molecule has 0 amide bonds. The van der Waals surface area contributed by atoms with Gasteiger partial charge in [0, 0.05) is 31.1 Å². The Hall–Kier alpha value is -3.59. The van der Waals surface area contributed by atoms with Crippen LogP contribution >= 0.6 is 0 Å². The number of benzene rings is 1. The topological polar surface area (TPSA) is 103 Å². The summed E-state index contributed by atoms with van der Waals surface area (Å²) in [6.07, 6.45) is 2.16. The average Bonchev–Trinajstić information content (AvgIpc) is 2.81. The van der Waals surface area contributed by atoms with Crippen molar-refractivity contribution in [1.82, 2.24) is 14.1 Å². The Morgan fingerprint density at radius 3 is 2.51 bits per heavy atom. The lowest BCUT2D eigenvalue weighted by Gasteiger charge is -2.24. The van der Waals surface area contributed by atoms with E-state index in [0.717, 1.165) is 4.57 Å². The zero-order valence-electron chi connectivity index (χ0n) is 20.1. The van der Waals surface area contributed by atoms with Crippen LogP contribution in [0.5, 0.6) is 0 Å². The number of cyclic esters (lactones) is 1. The molecule has 184 valence electrons. The van der Waals surface area contributed by atoms with Crippen LogP contribution in [0.4, 0.5) is 4.39 Å². The molecule has 3 aromatic rings. The molecule has 1 aliphatic heterocycles. The van der Waals surface area contributed by atoms with Gasteiger partial charge in [0.25, 0.3) is 5.56 Å². The number of fused-ring (bicyclic) bond motifs is 1. The molecule has 35 heavy (non-hydrogen) atoms. The number of hydrogen-bond donors (Lipinski definition) is 1. The number of esters is 1. The molecule has 1 fully saturated rings. The van der Waals surface area contributed by atoms with Gasteiger partial charge in [-0.25, -0.2) is 14.2 Å². The quantitative estimate of drug-likeness (QED) is 0.562. The summed E-state index contributed by atoms with van der Waals surface area (Å²) >= 11 is 0. The van der Waals surface area contributed by atoms with E-state index in [0.29, 0.717) is 28.9 Å². The molecule has 0 saturated carbocycles. The van der Waals surface area contributed by atoms with Crippen LogP contribution in [0.25, 0.3) is 28.2 Å². The molecule has 0 bridgehead atoms. The van der Waals surface area contributed by atoms with Crippen LogP contribution in [-0.4, -0.2) is 37.4 Å². The summed E-state index contributed by atoms with van der Waals surface area (Å²) in [5, 5.41) is 10.2. The number of aryl methyl sites for hydroxylation is 1. The molecule has 8 nitrogen and oxygen atoms in total. The Morgan fingerprint density at radius 2 is 1.91 bits per heavy atom. The van der Waals surface area contributed by atoms with E-state index in [1.807, 2.05) is 13.8 Å². The smallest absolute Gasteiger partial charge is 0.332 e. The van der Waals surface area contributed by atoms with Gasteiger partial charge in [-0.1, -0.05) is 32.1 Å². The number of carbonyl (C=O) groups is 1. The van der Waals surface area contributed by atoms with Crippen LogP contribution in [-0.2, 0) is 23.1 Å². The van der Waals surface area contributed by atoms with Gasteiger partial charge in [-0.3, -0.25) is 18.7 Å². The number of ether oxygens (including phenoxy) is 1. The van der Waals surface area contributed by atoms with Crippen molar-refractivity contribution in [3.8, 4) is 11.1 Å². The first-order valence-corrected chi connectivity index (χ1v) is 11.6. The number of aromatic nitrogens is 3. The van der Waals surface area contributed by atoms with Gasteiger partial charge in [-0.2, -0.15) is 0 Å². The number of rotatable bonds is 5. The number of halogens is 1. The first kappa shape index (κ1) is 24.5. The van der Waals surface area contributed by atoms with E-state index in [1.54, 1.807) is 31.2 Å². The van der Waals surface area contributed by atoms with E-state index < -0.39 is 35.2 Å². The normalized spacial score (nSPS) is 18.5. The average molecular weight is 482 g/mol. The molecular weight excluding hydrogens is 453 g/mol. The highest BCUT2D eigenvalue weighted by molar-refractivity contribution is 5.97. The van der Waals surface area contributed by atoms with Crippen LogP contribution in [0, 0.1) is 5.82 Å². The molecule has 0 aliphatic carbocycles. The third-order valence-electron chi connectivity index (χ3n) is 6.20. The molecule has 0 unspecified atom stereocenters. The van der Waals surface area contributed by atoms with E-state index in [2.05, 4.69) is 0 Å². The Balaban J connectivity index is 2.10. The van der Waals surface area contributed by atoms with E-state index >= 15 is 0 Å². The Kier molecular flexibility index (Phi) is 6.71. The molecule has 1 aromatic carbocycles. The maximum Gasteiger partial charge on any atom is 0.332 e. The molecule has 0 radical (unpaired) electrons. The van der Waals surface area contributed by atoms with Gasteiger partial charge in [-0.15, -0.1) is 0 Å². The van der Waals surface area contributed by atoms with Crippen molar-refractivity contribution >= 4 is 23.1 Å². The maximum absolute atomic E-state index is 13.8. The second kappa shape index (κ2) is 9.58. The predicted octanol–water partition coefficient (Wildman–Crippen LogP) is 3.12. The summed E-state index contributed by atoms with van der Waals surface area (Å²) in [5.74, 6) is -1.00. The Morgan fingerprint density at radius 1 is 1.23 bits per heavy atom. The third-order valence-corrected chi connectivity index (χ3v) is 6.20. The van der Waals surface area contributed by atoms with E-state index in [-0.39, 0.29) is 29.8 Å². The van der Waals surface area contributed by atoms with Crippen LogP contribution in [0.15, 0.2) is 39.9 Å². The number of aliphatic hydroxyl groups is 1. The van der Waals surface area contributed by atoms with Gasteiger partial charge in [0.15, 0.2) is 5.65 Å². The highest BCUT2D eigenvalue weighted by Gasteiger charge is 2.27. The second-order valence-corrected chi connectivity index (χ2v) is 9.02. The van der Waals surface area contributed by atoms with Gasteiger partial charge < -0.3 is 9.84 Å². The minimum atomic E-state index is -0.798. The van der Waals surface area contributed by atoms with Crippen LogP contribution < -0.4 is 11.2 Å². The third kappa shape index (κ3) is 4.55. The Labute approximate surface area is 201 Å². The lowest BCUT2D eigenvalue weighted by atomic mass is 9.91. The number of carbonyl (C=O) groups excluding carboxylic acids is 1. The van der Waals surface area contributed by atoms with Crippen molar-refractivity contribution < 1.29 is 19.0 Å². The van der Waals surface area contributed by atoms with E-state index in [4.69, 9.17) is 9.72 Å². The van der Waals surface area contributed by atoms with Gasteiger partial charge in [0.2, 0.25) is 0 Å². The summed E-state index contributed by atoms with van der Waals surface area (Å²) < 4.78 is 21.6. The molecule has 2 atom stereocenters. The minimum Gasteiger partial charge on any atom is -0.458 e. The summed E-state index contributed by atoms with van der Waals surface area (Å²) in [6.45, 7) is 6.00. The van der Waals surface area contributed by atoms with Crippen LogP contribution in [0.3, 0.4) is 0 Å². The summed E-state index contributed by atoms with van der Waals surface area (Å²) in [5.41, 5.74) is 1.62. The first-order valence-electron chi connectivity index (χ1n) is 11.6. The van der Waals surface area contributed by atoms with Crippen molar-refractivity contribution in [2.24, 2.45) is 7.05 Å². The predicted molar refractivity (Wildman–Crippen MR) is 131 cm³/mol. The van der Waals surface area contributed by atoms with E-state index in [1.165, 1.54) is 23.7 Å². The van der Waals surface area contributed by atoms with Crippen LogP contribution in [0.1, 0.15) is 50.8 Å². The molecule has 2 aromatic heterocycles. The summed E-state index contributed by atoms with van der Waals surface area (Å²) in [6, 6.07) is 5.78. The first-order chi connectivity index (χ1) is 16.6. The van der Waals surface area contributed by atoms with Crippen molar-refractivity contribution in [2.45, 2.75) is 58.3 Å². The van der Waals surface area contributed by atoms with Crippen molar-refractivity contribution in [3.05, 3.63) is 68.3 Å². The lowest BCUT2D eigenvalue weighted by Crippen LogP contribution is -2.38. The number of hydrogen-bond acceptors (Lipinski definition) is 6. The monoisotopic (exact) mass is 481 g/mol. The largest absolute Gasteiger partial charge is 0.458 e. The highest BCUT2D eigenvalue weighted by Crippen LogP contribution is 2.35. The van der Waals surface area contributed by atoms with Crippen molar-refractivity contribution in [1.29, 1.82) is 0 Å². The minimum absolute atomic E-state index is 0.0511. The summed E-state index contributed by atoms with van der Waals surface area (Å²) in [7, 11) is 1.42. The van der Waals surface area contributed by atoms with Crippen molar-refractivity contribution in [2.75, 3.05) is 0 Å². The molecule has 0 spiro atoms. The molecule has 1 saturated heterocycles. The molecule has 1 aliphatic rings. The fourth-order valence-corrected chi connectivity index (χ4v) is 4.47. The van der Waals surface area contributed by atoms with Crippen molar-refractivity contribution in [3.63, 3.8) is 0 Å². The fourth-order valence-electron chi connectivity index (χ4n) is 4.47. The molecule has 3 heterocycles. The number of nitrogens with zero attached hydrogens (tertiary/aromatic N) is 3. The molecule has 9 heteroatoms. The molecule has 1 N–H and O–H groups in total. The standard InChI is InChI=1S/C26H28FN3O5/c1-5-30-24-22(25(33)29(4)26(30)34)21(15-6-8-16(27)9-7-15)19(23(28-24)14(2)3)11-10-18-12-17(31)13-20(32)35-18/h6-11,14,17-18,31H,5,12-13H2,1-4H3/t17-,18-/m1/s1. The van der Waals surface area contributed by atoms with Gasteiger partial charge in [0.05, 0.1) is 23.6 Å². The molecular formula is C26H28FN3O5. The fraction of sp³-hybridized carbons (Fsp3) is 0.385. The maximum atomic E-state index is 13.8. The zero-order valence-corrected chi connectivity index (χ0v) is 20.1. The molecule has 4 rings (SSSR count). The van der Waals surface area contributed by atoms with Gasteiger partial charge in [-0.05, 0) is 36.6 Å². The van der Waals surface area contributed by atoms with Gasteiger partial charge >= 0.3 is 11.7 Å². The highest BCUT2D eigenvalue weighted by atomic mass is 19.1. The summed E-state index contributed by atoms with van der Waals surface area (Å²) in [4.78, 5) is 42.8. The number of aliphatic hydroxyl groups excluding tert-OH is 1. The van der Waals surface area contributed by atoms with E-state index in [9.17, 15) is 23.9 Å².